The van der Waals surface area contributed by atoms with Gasteiger partial charge in [0.25, 0.3) is 5.69 Å². The molecule has 0 atom stereocenters. The normalized spacial score (nSPS) is 10.6. The summed E-state index contributed by atoms with van der Waals surface area (Å²) in [4.78, 5) is 22.3. The maximum absolute atomic E-state index is 10.7. The first-order valence-electron chi connectivity index (χ1n) is 6.14. The number of rotatable bonds is 3. The van der Waals surface area contributed by atoms with Crippen molar-refractivity contribution in [1.82, 2.24) is 0 Å². The van der Waals surface area contributed by atoms with Crippen molar-refractivity contribution in [3.8, 4) is 0 Å². The van der Waals surface area contributed by atoms with Crippen LogP contribution in [-0.2, 0) is 0 Å². The molecule has 6 nitrogen and oxygen atoms in total. The smallest absolute Gasteiger partial charge is 0.258 e. The van der Waals surface area contributed by atoms with Crippen LogP contribution in [0.4, 0.5) is 11.4 Å². The second-order valence-electron chi connectivity index (χ2n) is 4.01. The number of hydrogen-bond acceptors (Lipinski definition) is 4. The standard InChI is InChI=1S/C15H12N4O2/c1-16-11-17-15(18-13-5-3-2-4-6-13)12-7-9-14(10-8-12)19(20)21/h2-10H,1H3. The topological polar surface area (TPSA) is 80.2 Å². The van der Waals surface area contributed by atoms with Gasteiger partial charge >= 0.3 is 0 Å². The van der Waals surface area contributed by atoms with E-state index in [-0.39, 0.29) is 5.69 Å². The molecule has 0 bridgehead atoms. The molecule has 0 saturated heterocycles. The molecule has 0 aliphatic carbocycles. The van der Waals surface area contributed by atoms with Crippen LogP contribution in [0.2, 0.25) is 0 Å². The lowest BCUT2D eigenvalue weighted by atomic mass is 10.2. The van der Waals surface area contributed by atoms with Gasteiger partial charge in [-0.1, -0.05) is 18.2 Å². The van der Waals surface area contributed by atoms with Crippen LogP contribution in [0.25, 0.3) is 0 Å². The van der Waals surface area contributed by atoms with Crippen LogP contribution in [0, 0.1) is 10.1 Å². The monoisotopic (exact) mass is 280 g/mol. The molecule has 0 heterocycles. The highest BCUT2D eigenvalue weighted by molar-refractivity contribution is 6.03. The Morgan fingerprint density at radius 2 is 1.76 bits per heavy atom. The molecule has 0 aromatic heterocycles. The molecule has 2 aromatic rings. The van der Waals surface area contributed by atoms with Gasteiger partial charge in [-0.2, -0.15) is 4.99 Å². The molecule has 0 amide bonds. The molecule has 21 heavy (non-hydrogen) atoms. The van der Waals surface area contributed by atoms with Crippen LogP contribution in [0.5, 0.6) is 0 Å². The van der Waals surface area contributed by atoms with Crippen molar-refractivity contribution >= 4 is 23.2 Å². The van der Waals surface area contributed by atoms with Crippen LogP contribution in [0.15, 0.2) is 69.6 Å². The average Bonchev–Trinajstić information content (AvgIpc) is 2.52. The number of nitro groups is 1. The first-order valence-corrected chi connectivity index (χ1v) is 6.14. The van der Waals surface area contributed by atoms with Crippen LogP contribution in [0.1, 0.15) is 5.56 Å². The molecule has 0 aliphatic heterocycles. The van der Waals surface area contributed by atoms with Crippen molar-refractivity contribution < 1.29 is 4.92 Å². The number of non-ortho nitro benzene ring substituents is 1. The Balaban J connectivity index is 2.43. The molecule has 0 radical (unpaired) electrons. The number of aliphatic imine (C=N–C) groups is 3. The Labute approximate surface area is 121 Å². The highest BCUT2D eigenvalue weighted by atomic mass is 16.6. The van der Waals surface area contributed by atoms with Gasteiger partial charge in [0, 0.05) is 24.7 Å². The van der Waals surface area contributed by atoms with E-state index in [2.05, 4.69) is 21.0 Å². The zero-order valence-electron chi connectivity index (χ0n) is 11.3. The lowest BCUT2D eigenvalue weighted by molar-refractivity contribution is -0.384. The molecule has 2 rings (SSSR count). The Bertz CT molecular complexity index is 715. The third-order valence-corrected chi connectivity index (χ3v) is 2.58. The fraction of sp³-hybridized carbons (Fsp3) is 0.0667. The molecule has 0 unspecified atom stereocenters. The summed E-state index contributed by atoms with van der Waals surface area (Å²) >= 11 is 0. The summed E-state index contributed by atoms with van der Waals surface area (Å²) in [6.45, 7) is 0. The molecule has 0 saturated carbocycles. The summed E-state index contributed by atoms with van der Waals surface area (Å²) in [5.41, 5.74) is 1.40. The minimum atomic E-state index is -0.450. The van der Waals surface area contributed by atoms with Crippen LogP contribution < -0.4 is 0 Å². The summed E-state index contributed by atoms with van der Waals surface area (Å²) in [5, 5.41) is 10.7. The number of hydrogen-bond donors (Lipinski definition) is 0. The van der Waals surface area contributed by atoms with E-state index in [0.717, 1.165) is 5.69 Å². The first kappa shape index (κ1) is 14.3. The molecular formula is C15H12N4O2. The van der Waals surface area contributed by atoms with E-state index in [1.54, 1.807) is 19.2 Å². The Hall–Kier alpha value is -3.11. The Morgan fingerprint density at radius 3 is 2.33 bits per heavy atom. The highest BCUT2D eigenvalue weighted by Crippen LogP contribution is 2.16. The zero-order valence-corrected chi connectivity index (χ0v) is 11.3. The van der Waals surface area contributed by atoms with Gasteiger partial charge in [0.15, 0.2) is 5.84 Å². The van der Waals surface area contributed by atoms with Gasteiger partial charge in [-0.05, 0) is 24.3 Å². The average molecular weight is 280 g/mol. The second kappa shape index (κ2) is 6.88. The molecule has 0 N–H and O–H groups in total. The largest absolute Gasteiger partial charge is 0.269 e. The number of amidine groups is 1. The van der Waals surface area contributed by atoms with Crippen molar-refractivity contribution in [2.45, 2.75) is 0 Å². The number of nitro benzene ring substituents is 1. The lowest BCUT2D eigenvalue weighted by Crippen LogP contribution is -1.97. The SMILES string of the molecule is CN=C=NC(=Nc1ccccc1)c1ccc([N+](=O)[O-])cc1. The summed E-state index contributed by atoms with van der Waals surface area (Å²) in [6.07, 6.45) is 0. The molecule has 6 heteroatoms. The van der Waals surface area contributed by atoms with Gasteiger partial charge in [0.2, 0.25) is 0 Å². The third-order valence-electron chi connectivity index (χ3n) is 2.58. The van der Waals surface area contributed by atoms with Crippen LogP contribution in [-0.4, -0.2) is 23.8 Å². The Kier molecular flexibility index (Phi) is 4.69. The summed E-state index contributed by atoms with van der Waals surface area (Å²) in [6, 6.07) is 17.8. The van der Waals surface area contributed by atoms with Crippen LogP contribution >= 0.6 is 0 Å². The van der Waals surface area contributed by atoms with Gasteiger partial charge in [-0.25, -0.2) is 9.98 Å². The minimum absolute atomic E-state index is 0.0194. The van der Waals surface area contributed by atoms with Gasteiger partial charge in [-0.3, -0.25) is 10.1 Å². The summed E-state index contributed by atoms with van der Waals surface area (Å²) in [7, 11) is 1.56. The van der Waals surface area contributed by atoms with Crippen LogP contribution in [0.3, 0.4) is 0 Å². The van der Waals surface area contributed by atoms with E-state index in [9.17, 15) is 10.1 Å². The molecule has 0 spiro atoms. The minimum Gasteiger partial charge on any atom is -0.258 e. The van der Waals surface area contributed by atoms with Crippen molar-refractivity contribution in [2.75, 3.05) is 7.05 Å². The molecule has 0 aliphatic rings. The van der Waals surface area contributed by atoms with E-state index < -0.39 is 4.92 Å². The van der Waals surface area contributed by atoms with E-state index in [0.29, 0.717) is 11.4 Å². The van der Waals surface area contributed by atoms with Gasteiger partial charge in [0.05, 0.1) is 16.6 Å². The third kappa shape index (κ3) is 3.92. The number of nitrogens with zero attached hydrogens (tertiary/aromatic N) is 4. The maximum atomic E-state index is 10.7. The molecular weight excluding hydrogens is 268 g/mol. The van der Waals surface area contributed by atoms with E-state index in [4.69, 9.17) is 0 Å². The fourth-order valence-corrected chi connectivity index (χ4v) is 1.61. The molecule has 0 fully saturated rings. The van der Waals surface area contributed by atoms with Crippen molar-refractivity contribution in [3.63, 3.8) is 0 Å². The zero-order chi connectivity index (χ0) is 15.1. The quantitative estimate of drug-likeness (QED) is 0.373. The van der Waals surface area contributed by atoms with Crippen molar-refractivity contribution in [1.29, 1.82) is 0 Å². The number of para-hydroxylation sites is 1. The van der Waals surface area contributed by atoms with Gasteiger partial charge in [0.1, 0.15) is 0 Å². The van der Waals surface area contributed by atoms with E-state index in [1.807, 2.05) is 30.3 Å². The van der Waals surface area contributed by atoms with Gasteiger partial charge < -0.3 is 0 Å². The van der Waals surface area contributed by atoms with Crippen molar-refractivity contribution in [3.05, 3.63) is 70.3 Å². The first-order chi connectivity index (χ1) is 10.2. The number of benzene rings is 2. The second-order valence-corrected chi connectivity index (χ2v) is 4.01. The van der Waals surface area contributed by atoms with E-state index in [1.165, 1.54) is 12.1 Å². The molecule has 2 aromatic carbocycles. The summed E-state index contributed by atoms with van der Waals surface area (Å²) < 4.78 is 0. The van der Waals surface area contributed by atoms with Crippen molar-refractivity contribution in [2.24, 2.45) is 15.0 Å². The Morgan fingerprint density at radius 1 is 1.10 bits per heavy atom. The van der Waals surface area contributed by atoms with Gasteiger partial charge in [-0.15, -0.1) is 0 Å². The lowest BCUT2D eigenvalue weighted by Gasteiger charge is -2.00. The predicted octanol–water partition coefficient (Wildman–Crippen LogP) is 3.48. The fourth-order valence-electron chi connectivity index (χ4n) is 1.61. The van der Waals surface area contributed by atoms with E-state index >= 15 is 0 Å². The highest BCUT2D eigenvalue weighted by Gasteiger charge is 2.07. The maximum Gasteiger partial charge on any atom is 0.269 e. The summed E-state index contributed by atoms with van der Waals surface area (Å²) in [5.74, 6) is 0.390. The molecule has 104 valence electrons. The predicted molar refractivity (Wildman–Crippen MR) is 81.5 cm³/mol.